The second-order valence-electron chi connectivity index (χ2n) is 4.47. The highest BCUT2D eigenvalue weighted by Gasteiger charge is 2.07. The molecular formula is C14H21NO2. The molecule has 0 atom stereocenters. The first-order chi connectivity index (χ1) is 8.04. The summed E-state index contributed by atoms with van der Waals surface area (Å²) in [6.45, 7) is 8.60. The van der Waals surface area contributed by atoms with E-state index in [4.69, 9.17) is 5.11 Å². The first-order valence-electron chi connectivity index (χ1n) is 6.11. The normalized spacial score (nSPS) is 11.1. The van der Waals surface area contributed by atoms with E-state index in [2.05, 4.69) is 25.7 Å². The number of nitrogens with zero attached hydrogens (tertiary/aromatic N) is 1. The van der Waals surface area contributed by atoms with Crippen molar-refractivity contribution in [3.05, 3.63) is 35.4 Å². The largest absolute Gasteiger partial charge is 0.478 e. The maximum absolute atomic E-state index is 10.7. The van der Waals surface area contributed by atoms with E-state index in [9.17, 15) is 4.79 Å². The van der Waals surface area contributed by atoms with E-state index >= 15 is 0 Å². The molecule has 1 aromatic carbocycles. The van der Waals surface area contributed by atoms with Gasteiger partial charge in [0.2, 0.25) is 0 Å². The second kappa shape index (κ2) is 6.40. The minimum absolute atomic E-state index is 0.352. The topological polar surface area (TPSA) is 40.5 Å². The zero-order valence-corrected chi connectivity index (χ0v) is 10.8. The molecule has 3 heteroatoms. The van der Waals surface area contributed by atoms with Gasteiger partial charge in [0.15, 0.2) is 0 Å². The summed E-state index contributed by atoms with van der Waals surface area (Å²) < 4.78 is 0. The molecule has 0 amide bonds. The average Bonchev–Trinajstić information content (AvgIpc) is 2.30. The van der Waals surface area contributed by atoms with Crippen LogP contribution in [0.2, 0.25) is 0 Å². The molecule has 1 aromatic rings. The Morgan fingerprint density at radius 3 is 2.29 bits per heavy atom. The highest BCUT2D eigenvalue weighted by Crippen LogP contribution is 2.07. The minimum atomic E-state index is -0.867. The van der Waals surface area contributed by atoms with E-state index in [-0.39, 0.29) is 0 Å². The molecule has 17 heavy (non-hydrogen) atoms. The van der Waals surface area contributed by atoms with E-state index in [1.54, 1.807) is 12.1 Å². The number of hydrogen-bond acceptors (Lipinski definition) is 2. The number of likely N-dealkylation sites (N-methyl/N-ethyl adjacent to an activating group) is 1. The van der Waals surface area contributed by atoms with Gasteiger partial charge in [-0.2, -0.15) is 0 Å². The zero-order chi connectivity index (χ0) is 12.8. The van der Waals surface area contributed by atoms with Gasteiger partial charge in [0.1, 0.15) is 0 Å². The Labute approximate surface area is 103 Å². The van der Waals surface area contributed by atoms with E-state index in [1.165, 1.54) is 5.56 Å². The summed E-state index contributed by atoms with van der Waals surface area (Å²) in [6, 6.07) is 7.69. The highest BCUT2D eigenvalue weighted by atomic mass is 16.4. The molecule has 0 fully saturated rings. The first kappa shape index (κ1) is 13.7. The van der Waals surface area contributed by atoms with E-state index in [0.717, 1.165) is 19.5 Å². The Balaban J connectivity index is 2.55. The molecule has 0 aliphatic rings. The maximum Gasteiger partial charge on any atom is 0.335 e. The molecule has 0 aliphatic carbocycles. The van der Waals surface area contributed by atoms with Gasteiger partial charge in [-0.1, -0.05) is 19.1 Å². The highest BCUT2D eigenvalue weighted by molar-refractivity contribution is 5.87. The molecule has 0 saturated carbocycles. The van der Waals surface area contributed by atoms with Crippen LogP contribution in [0.1, 0.15) is 36.7 Å². The lowest BCUT2D eigenvalue weighted by Gasteiger charge is -2.24. The standard InChI is InChI=1S/C14H21NO2/c1-4-15(11(2)3)10-9-12-5-7-13(8-6-12)14(16)17/h5-8,11H,4,9-10H2,1-3H3,(H,16,17). The number of carbonyl (C=O) groups is 1. The maximum atomic E-state index is 10.7. The van der Waals surface area contributed by atoms with Crippen molar-refractivity contribution < 1.29 is 9.90 Å². The predicted molar refractivity (Wildman–Crippen MR) is 69.5 cm³/mol. The molecular weight excluding hydrogens is 214 g/mol. The zero-order valence-electron chi connectivity index (χ0n) is 10.8. The molecule has 0 aliphatic heterocycles. The second-order valence-corrected chi connectivity index (χ2v) is 4.47. The molecule has 0 radical (unpaired) electrons. The summed E-state index contributed by atoms with van der Waals surface area (Å²) in [5.41, 5.74) is 1.54. The van der Waals surface area contributed by atoms with Crippen molar-refractivity contribution in [2.45, 2.75) is 33.2 Å². The van der Waals surface area contributed by atoms with Gasteiger partial charge in [0.25, 0.3) is 0 Å². The van der Waals surface area contributed by atoms with Crippen molar-refractivity contribution in [1.82, 2.24) is 4.90 Å². The molecule has 1 N–H and O–H groups in total. The van der Waals surface area contributed by atoms with E-state index in [1.807, 2.05) is 12.1 Å². The molecule has 0 spiro atoms. The van der Waals surface area contributed by atoms with Crippen LogP contribution in [0, 0.1) is 0 Å². The van der Waals surface area contributed by atoms with Crippen LogP contribution in [0.15, 0.2) is 24.3 Å². The lowest BCUT2D eigenvalue weighted by atomic mass is 10.1. The lowest BCUT2D eigenvalue weighted by Crippen LogP contribution is -2.32. The van der Waals surface area contributed by atoms with Crippen LogP contribution in [0.5, 0.6) is 0 Å². The first-order valence-corrected chi connectivity index (χ1v) is 6.11. The van der Waals surface area contributed by atoms with Crippen molar-refractivity contribution in [2.75, 3.05) is 13.1 Å². The molecule has 0 bridgehead atoms. The Bertz CT molecular complexity index is 357. The van der Waals surface area contributed by atoms with Crippen LogP contribution < -0.4 is 0 Å². The number of hydrogen-bond donors (Lipinski definition) is 1. The van der Waals surface area contributed by atoms with Crippen molar-refractivity contribution in [2.24, 2.45) is 0 Å². The van der Waals surface area contributed by atoms with Gasteiger partial charge in [0, 0.05) is 12.6 Å². The Morgan fingerprint density at radius 2 is 1.88 bits per heavy atom. The monoisotopic (exact) mass is 235 g/mol. The lowest BCUT2D eigenvalue weighted by molar-refractivity contribution is 0.0697. The van der Waals surface area contributed by atoms with Gasteiger partial charge in [-0.3, -0.25) is 0 Å². The van der Waals surface area contributed by atoms with Crippen LogP contribution in [-0.2, 0) is 6.42 Å². The summed E-state index contributed by atoms with van der Waals surface area (Å²) in [5.74, 6) is -0.867. The molecule has 3 nitrogen and oxygen atoms in total. The third-order valence-electron chi connectivity index (χ3n) is 3.03. The number of rotatable bonds is 6. The molecule has 0 saturated heterocycles. The molecule has 94 valence electrons. The minimum Gasteiger partial charge on any atom is -0.478 e. The van der Waals surface area contributed by atoms with E-state index < -0.39 is 5.97 Å². The average molecular weight is 235 g/mol. The number of aromatic carboxylic acids is 1. The fourth-order valence-electron chi connectivity index (χ4n) is 1.87. The van der Waals surface area contributed by atoms with E-state index in [0.29, 0.717) is 11.6 Å². The summed E-state index contributed by atoms with van der Waals surface area (Å²) >= 11 is 0. The van der Waals surface area contributed by atoms with Crippen LogP contribution in [0.25, 0.3) is 0 Å². The molecule has 0 unspecified atom stereocenters. The summed E-state index contributed by atoms with van der Waals surface area (Å²) in [7, 11) is 0. The van der Waals surface area contributed by atoms with Gasteiger partial charge >= 0.3 is 5.97 Å². The van der Waals surface area contributed by atoms with Gasteiger partial charge < -0.3 is 10.0 Å². The Hall–Kier alpha value is -1.35. The van der Waals surface area contributed by atoms with Crippen LogP contribution in [-0.4, -0.2) is 35.1 Å². The molecule has 0 heterocycles. The van der Waals surface area contributed by atoms with Gasteiger partial charge in [-0.25, -0.2) is 4.79 Å². The number of carboxylic acid groups (broad SMARTS) is 1. The quantitative estimate of drug-likeness (QED) is 0.824. The van der Waals surface area contributed by atoms with Crippen LogP contribution in [0.4, 0.5) is 0 Å². The third-order valence-corrected chi connectivity index (χ3v) is 3.03. The summed E-state index contributed by atoms with van der Waals surface area (Å²) in [6.07, 6.45) is 0.964. The SMILES string of the molecule is CCN(CCc1ccc(C(=O)O)cc1)C(C)C. The van der Waals surface area contributed by atoms with Crippen LogP contribution in [0.3, 0.4) is 0 Å². The van der Waals surface area contributed by atoms with Gasteiger partial charge in [0.05, 0.1) is 5.56 Å². The van der Waals surface area contributed by atoms with Crippen molar-refractivity contribution >= 4 is 5.97 Å². The fraction of sp³-hybridized carbons (Fsp3) is 0.500. The fourth-order valence-corrected chi connectivity index (χ4v) is 1.87. The number of carboxylic acids is 1. The van der Waals surface area contributed by atoms with Crippen molar-refractivity contribution in [1.29, 1.82) is 0 Å². The molecule has 0 aromatic heterocycles. The van der Waals surface area contributed by atoms with Crippen molar-refractivity contribution in [3.8, 4) is 0 Å². The van der Waals surface area contributed by atoms with Gasteiger partial charge in [-0.15, -0.1) is 0 Å². The Kier molecular flexibility index (Phi) is 5.16. The summed E-state index contributed by atoms with van der Waals surface area (Å²) in [5, 5.41) is 8.80. The third kappa shape index (κ3) is 4.19. The van der Waals surface area contributed by atoms with Crippen molar-refractivity contribution in [3.63, 3.8) is 0 Å². The predicted octanol–water partition coefficient (Wildman–Crippen LogP) is 2.66. The number of benzene rings is 1. The Morgan fingerprint density at radius 1 is 1.29 bits per heavy atom. The summed E-state index contributed by atoms with van der Waals surface area (Å²) in [4.78, 5) is 13.1. The van der Waals surface area contributed by atoms with Crippen LogP contribution >= 0.6 is 0 Å². The van der Waals surface area contributed by atoms with Gasteiger partial charge in [-0.05, 0) is 44.5 Å². The smallest absolute Gasteiger partial charge is 0.335 e. The molecule has 1 rings (SSSR count).